The summed E-state index contributed by atoms with van der Waals surface area (Å²) in [6, 6.07) is 9.11. The number of nitrogens with zero attached hydrogens (tertiary/aromatic N) is 1. The zero-order valence-corrected chi connectivity index (χ0v) is 13.4. The smallest absolute Gasteiger partial charge is 0.176 e. The third-order valence-electron chi connectivity index (χ3n) is 3.02. The molecule has 1 heterocycles. The summed E-state index contributed by atoms with van der Waals surface area (Å²) in [7, 11) is 0. The minimum Gasteiger partial charge on any atom is -0.293 e. The lowest BCUT2D eigenvalue weighted by molar-refractivity contribution is 0.0930. The molecule has 0 saturated carbocycles. The van der Waals surface area contributed by atoms with Crippen LogP contribution in [0.1, 0.15) is 22.2 Å². The molecular weight excluding hydrogens is 313 g/mol. The molecule has 0 fully saturated rings. The minimum atomic E-state index is 0.0574. The van der Waals surface area contributed by atoms with Crippen LogP contribution < -0.4 is 0 Å². The first kappa shape index (κ1) is 15.5. The number of thiophene rings is 1. The molecule has 0 spiro atoms. The first-order valence-electron chi connectivity index (χ1n) is 6.33. The number of halogens is 2. The van der Waals surface area contributed by atoms with Crippen molar-refractivity contribution in [2.75, 3.05) is 13.1 Å². The lowest BCUT2D eigenvalue weighted by atomic mass is 10.1. The fourth-order valence-electron chi connectivity index (χ4n) is 1.87. The van der Waals surface area contributed by atoms with Crippen LogP contribution in [-0.4, -0.2) is 23.8 Å². The van der Waals surface area contributed by atoms with Crippen molar-refractivity contribution in [1.29, 1.82) is 0 Å². The Balaban J connectivity index is 2.03. The Kier molecular flexibility index (Phi) is 5.61. The molecule has 0 amide bonds. The molecule has 1 aromatic heterocycles. The molecular formula is C15H15Cl2NOS. The number of carbonyl (C=O) groups excluding carboxylic acids is 1. The highest BCUT2D eigenvalue weighted by molar-refractivity contribution is 7.09. The molecule has 0 aliphatic heterocycles. The van der Waals surface area contributed by atoms with E-state index < -0.39 is 0 Å². The Labute approximate surface area is 132 Å². The van der Waals surface area contributed by atoms with Crippen LogP contribution in [-0.2, 0) is 6.54 Å². The number of rotatable bonds is 6. The van der Waals surface area contributed by atoms with Gasteiger partial charge < -0.3 is 0 Å². The van der Waals surface area contributed by atoms with Gasteiger partial charge in [0.15, 0.2) is 5.78 Å². The zero-order valence-electron chi connectivity index (χ0n) is 11.1. The summed E-state index contributed by atoms with van der Waals surface area (Å²) in [4.78, 5) is 15.6. The molecule has 0 atom stereocenters. The SMILES string of the molecule is CCN(CC(=O)c1ccc(Cl)c(Cl)c1)Cc1cccs1. The first-order valence-corrected chi connectivity index (χ1v) is 7.96. The van der Waals surface area contributed by atoms with E-state index >= 15 is 0 Å². The second-order valence-electron chi connectivity index (χ2n) is 4.43. The van der Waals surface area contributed by atoms with E-state index in [9.17, 15) is 4.79 Å². The van der Waals surface area contributed by atoms with E-state index in [1.807, 2.05) is 11.4 Å². The maximum absolute atomic E-state index is 12.3. The molecule has 0 bridgehead atoms. The van der Waals surface area contributed by atoms with E-state index in [0.29, 0.717) is 22.2 Å². The van der Waals surface area contributed by atoms with Crippen molar-refractivity contribution < 1.29 is 4.79 Å². The lowest BCUT2D eigenvalue weighted by Crippen LogP contribution is -2.29. The van der Waals surface area contributed by atoms with Gasteiger partial charge in [0, 0.05) is 17.0 Å². The van der Waals surface area contributed by atoms with Gasteiger partial charge in [0.2, 0.25) is 0 Å². The van der Waals surface area contributed by atoms with Gasteiger partial charge in [0.05, 0.1) is 16.6 Å². The molecule has 2 nitrogen and oxygen atoms in total. The summed E-state index contributed by atoms with van der Waals surface area (Å²) in [6.45, 7) is 4.05. The quantitative estimate of drug-likeness (QED) is 0.713. The molecule has 2 aromatic rings. The predicted molar refractivity (Wildman–Crippen MR) is 86.1 cm³/mol. The first-order chi connectivity index (χ1) is 9.60. The van der Waals surface area contributed by atoms with Gasteiger partial charge in [-0.25, -0.2) is 0 Å². The Bertz CT molecular complexity index is 584. The van der Waals surface area contributed by atoms with Crippen molar-refractivity contribution in [3.05, 3.63) is 56.2 Å². The van der Waals surface area contributed by atoms with Gasteiger partial charge in [-0.15, -0.1) is 11.3 Å². The van der Waals surface area contributed by atoms with E-state index in [-0.39, 0.29) is 5.78 Å². The number of carbonyl (C=O) groups is 1. The maximum Gasteiger partial charge on any atom is 0.176 e. The highest BCUT2D eigenvalue weighted by Gasteiger charge is 2.13. The highest BCUT2D eigenvalue weighted by Crippen LogP contribution is 2.23. The van der Waals surface area contributed by atoms with Crippen LogP contribution in [0.5, 0.6) is 0 Å². The van der Waals surface area contributed by atoms with Crippen molar-refractivity contribution in [2.45, 2.75) is 13.5 Å². The van der Waals surface area contributed by atoms with Crippen LogP contribution in [0.15, 0.2) is 35.7 Å². The molecule has 1 aromatic carbocycles. The van der Waals surface area contributed by atoms with E-state index in [0.717, 1.165) is 13.1 Å². The minimum absolute atomic E-state index is 0.0574. The summed E-state index contributed by atoms with van der Waals surface area (Å²) < 4.78 is 0. The molecule has 0 saturated heterocycles. The molecule has 20 heavy (non-hydrogen) atoms. The number of hydrogen-bond acceptors (Lipinski definition) is 3. The van der Waals surface area contributed by atoms with Crippen LogP contribution in [0.25, 0.3) is 0 Å². The van der Waals surface area contributed by atoms with Gasteiger partial charge >= 0.3 is 0 Å². The fraction of sp³-hybridized carbons (Fsp3) is 0.267. The highest BCUT2D eigenvalue weighted by atomic mass is 35.5. The number of Topliss-reactive ketones (excluding diaryl/α,β-unsaturated/α-hetero) is 1. The van der Waals surface area contributed by atoms with Gasteiger partial charge in [0.1, 0.15) is 0 Å². The average Bonchev–Trinajstić information content (AvgIpc) is 2.93. The summed E-state index contributed by atoms with van der Waals surface area (Å²) in [5.41, 5.74) is 0.601. The summed E-state index contributed by atoms with van der Waals surface area (Å²) >= 11 is 13.5. The van der Waals surface area contributed by atoms with Gasteiger partial charge in [0.25, 0.3) is 0 Å². The zero-order chi connectivity index (χ0) is 14.5. The summed E-state index contributed by atoms with van der Waals surface area (Å²) in [5.74, 6) is 0.0574. The van der Waals surface area contributed by atoms with Crippen molar-refractivity contribution >= 4 is 40.3 Å². The van der Waals surface area contributed by atoms with Crippen molar-refractivity contribution in [2.24, 2.45) is 0 Å². The standard InChI is InChI=1S/C15H15Cl2NOS/c1-2-18(9-12-4-3-7-20-12)10-15(19)11-5-6-13(16)14(17)8-11/h3-8H,2,9-10H2,1H3. The Morgan fingerprint density at radius 2 is 2.05 bits per heavy atom. The molecule has 5 heteroatoms. The van der Waals surface area contributed by atoms with E-state index in [4.69, 9.17) is 23.2 Å². The van der Waals surface area contributed by atoms with Crippen LogP contribution >= 0.6 is 34.5 Å². The van der Waals surface area contributed by atoms with Crippen molar-refractivity contribution in [3.8, 4) is 0 Å². The lowest BCUT2D eigenvalue weighted by Gasteiger charge is -2.18. The van der Waals surface area contributed by atoms with Crippen LogP contribution in [0.4, 0.5) is 0 Å². The van der Waals surface area contributed by atoms with E-state index in [1.54, 1.807) is 29.5 Å². The second kappa shape index (κ2) is 7.23. The molecule has 2 rings (SSSR count). The molecule has 0 aliphatic rings. The molecule has 0 N–H and O–H groups in total. The van der Waals surface area contributed by atoms with E-state index in [1.165, 1.54) is 4.88 Å². The number of ketones is 1. The van der Waals surface area contributed by atoms with Gasteiger partial charge in [-0.3, -0.25) is 9.69 Å². The number of hydrogen-bond donors (Lipinski definition) is 0. The van der Waals surface area contributed by atoms with Gasteiger partial charge in [-0.2, -0.15) is 0 Å². The molecule has 0 aliphatic carbocycles. The normalized spacial score (nSPS) is 11.0. The van der Waals surface area contributed by atoms with Gasteiger partial charge in [-0.05, 0) is 36.2 Å². The average molecular weight is 328 g/mol. The van der Waals surface area contributed by atoms with Crippen LogP contribution in [0.3, 0.4) is 0 Å². The third-order valence-corrected chi connectivity index (χ3v) is 4.62. The largest absolute Gasteiger partial charge is 0.293 e. The molecule has 0 radical (unpaired) electrons. The Morgan fingerprint density at radius 3 is 2.65 bits per heavy atom. The topological polar surface area (TPSA) is 20.3 Å². The van der Waals surface area contributed by atoms with Crippen molar-refractivity contribution in [3.63, 3.8) is 0 Å². The van der Waals surface area contributed by atoms with Crippen LogP contribution in [0, 0.1) is 0 Å². The number of likely N-dealkylation sites (N-methyl/N-ethyl adjacent to an activating group) is 1. The summed E-state index contributed by atoms with van der Waals surface area (Å²) in [5, 5.41) is 2.93. The third kappa shape index (κ3) is 4.06. The maximum atomic E-state index is 12.3. The Hall–Kier alpha value is -0.870. The molecule has 0 unspecified atom stereocenters. The molecule has 106 valence electrons. The fourth-order valence-corrected chi connectivity index (χ4v) is 2.91. The predicted octanol–water partition coefficient (Wildman–Crippen LogP) is 4.76. The Morgan fingerprint density at radius 1 is 1.25 bits per heavy atom. The van der Waals surface area contributed by atoms with Crippen molar-refractivity contribution in [1.82, 2.24) is 4.90 Å². The van der Waals surface area contributed by atoms with Crippen LogP contribution in [0.2, 0.25) is 10.0 Å². The van der Waals surface area contributed by atoms with E-state index in [2.05, 4.69) is 17.9 Å². The second-order valence-corrected chi connectivity index (χ2v) is 6.28. The summed E-state index contributed by atoms with van der Waals surface area (Å²) in [6.07, 6.45) is 0. The monoisotopic (exact) mass is 327 g/mol. The van der Waals surface area contributed by atoms with Gasteiger partial charge in [-0.1, -0.05) is 36.2 Å². The number of benzene rings is 1.